The van der Waals surface area contributed by atoms with Crippen molar-refractivity contribution in [3.63, 3.8) is 0 Å². The van der Waals surface area contributed by atoms with E-state index in [1.165, 1.54) is 0 Å². The number of rotatable bonds is 8. The number of benzene rings is 1. The quantitative estimate of drug-likeness (QED) is 0.226. The Hall–Kier alpha value is -1.40. The monoisotopic (exact) mass is 538 g/mol. The molecule has 1 aromatic carbocycles. The Morgan fingerprint density at radius 2 is 1.90 bits per heavy atom. The van der Waals surface area contributed by atoms with Gasteiger partial charge in [0.2, 0.25) is 10.0 Å². The summed E-state index contributed by atoms with van der Waals surface area (Å²) < 4.78 is 32.0. The summed E-state index contributed by atoms with van der Waals surface area (Å²) in [6.07, 6.45) is 1.41. The van der Waals surface area contributed by atoms with Crippen molar-refractivity contribution in [3.05, 3.63) is 35.9 Å². The molecule has 1 aliphatic heterocycles. The van der Waals surface area contributed by atoms with Crippen molar-refractivity contribution >= 4 is 45.9 Å². The van der Waals surface area contributed by atoms with Crippen LogP contribution in [-0.2, 0) is 26.1 Å². The van der Waals surface area contributed by atoms with E-state index in [1.807, 2.05) is 42.2 Å². The van der Waals surface area contributed by atoms with E-state index in [-0.39, 0.29) is 54.7 Å². The minimum Gasteiger partial charge on any atom is -0.466 e. The van der Waals surface area contributed by atoms with Gasteiger partial charge in [-0.25, -0.2) is 13.1 Å². The van der Waals surface area contributed by atoms with Gasteiger partial charge in [-0.3, -0.25) is 9.79 Å². The third-order valence-corrected chi connectivity index (χ3v) is 5.94. The van der Waals surface area contributed by atoms with Crippen LogP contribution in [0.25, 0.3) is 0 Å². The largest absolute Gasteiger partial charge is 0.466 e. The van der Waals surface area contributed by atoms with Gasteiger partial charge < -0.3 is 15.0 Å². The first-order valence-electron chi connectivity index (χ1n) is 9.58. The van der Waals surface area contributed by atoms with E-state index in [4.69, 9.17) is 4.74 Å². The Morgan fingerprint density at radius 1 is 1.24 bits per heavy atom. The lowest BCUT2D eigenvalue weighted by Gasteiger charge is -2.33. The number of hydrogen-bond donors (Lipinski definition) is 2. The molecule has 1 heterocycles. The summed E-state index contributed by atoms with van der Waals surface area (Å²) in [5.41, 5.74) is 0.916. The van der Waals surface area contributed by atoms with Gasteiger partial charge in [0.1, 0.15) is 0 Å². The molecule has 0 amide bonds. The van der Waals surface area contributed by atoms with Crippen molar-refractivity contribution in [3.8, 4) is 0 Å². The van der Waals surface area contributed by atoms with Gasteiger partial charge in [0.15, 0.2) is 5.96 Å². The van der Waals surface area contributed by atoms with Crippen LogP contribution in [0, 0.1) is 5.92 Å². The van der Waals surface area contributed by atoms with Gasteiger partial charge in [-0.15, -0.1) is 24.0 Å². The van der Waals surface area contributed by atoms with Crippen molar-refractivity contribution in [2.75, 3.05) is 39.0 Å². The van der Waals surface area contributed by atoms with Crippen molar-refractivity contribution < 1.29 is 17.9 Å². The van der Waals surface area contributed by atoms with Crippen molar-refractivity contribution in [2.45, 2.75) is 26.3 Å². The van der Waals surface area contributed by atoms with E-state index in [1.54, 1.807) is 7.05 Å². The number of likely N-dealkylation sites (tertiary alicyclic amines) is 1. The molecule has 0 bridgehead atoms. The third kappa shape index (κ3) is 8.87. The maximum Gasteiger partial charge on any atom is 0.309 e. The second-order valence-corrected chi connectivity index (χ2v) is 8.54. The summed E-state index contributed by atoms with van der Waals surface area (Å²) in [7, 11) is -1.72. The zero-order valence-electron chi connectivity index (χ0n) is 17.0. The van der Waals surface area contributed by atoms with Gasteiger partial charge >= 0.3 is 5.97 Å². The number of halogens is 1. The van der Waals surface area contributed by atoms with Crippen molar-refractivity contribution in [2.24, 2.45) is 10.9 Å². The zero-order valence-corrected chi connectivity index (χ0v) is 20.1. The number of guanidine groups is 1. The van der Waals surface area contributed by atoms with Crippen LogP contribution in [0.4, 0.5) is 0 Å². The molecule has 1 aliphatic rings. The Kier molecular flexibility index (Phi) is 11.5. The summed E-state index contributed by atoms with van der Waals surface area (Å²) in [6.45, 7) is 4.11. The summed E-state index contributed by atoms with van der Waals surface area (Å²) in [5, 5.41) is 3.10. The number of sulfonamides is 1. The van der Waals surface area contributed by atoms with Crippen molar-refractivity contribution in [1.29, 1.82) is 0 Å². The molecule has 0 aromatic heterocycles. The zero-order chi connectivity index (χ0) is 20.4. The van der Waals surface area contributed by atoms with Crippen LogP contribution < -0.4 is 10.0 Å². The van der Waals surface area contributed by atoms with Crippen LogP contribution in [0.3, 0.4) is 0 Å². The first-order valence-corrected chi connectivity index (χ1v) is 11.2. The molecule has 1 saturated heterocycles. The Labute approximate surface area is 190 Å². The van der Waals surface area contributed by atoms with Gasteiger partial charge in [0.05, 0.1) is 18.3 Å². The number of hydrogen-bond acceptors (Lipinski definition) is 5. The molecule has 164 valence electrons. The number of piperidine rings is 1. The minimum absolute atomic E-state index is 0. The van der Waals surface area contributed by atoms with Crippen LogP contribution in [0.15, 0.2) is 35.3 Å². The first kappa shape index (κ1) is 25.6. The number of esters is 1. The molecule has 0 atom stereocenters. The topological polar surface area (TPSA) is 100 Å². The fourth-order valence-electron chi connectivity index (χ4n) is 3.08. The van der Waals surface area contributed by atoms with Crippen LogP contribution >= 0.6 is 24.0 Å². The Bertz CT molecular complexity index is 751. The summed E-state index contributed by atoms with van der Waals surface area (Å²) in [5.74, 6) is 0.399. The fraction of sp³-hybridized carbons (Fsp3) is 0.579. The first-order chi connectivity index (χ1) is 13.4. The molecule has 2 rings (SSSR count). The summed E-state index contributed by atoms with van der Waals surface area (Å²) in [4.78, 5) is 18.1. The lowest BCUT2D eigenvalue weighted by molar-refractivity contribution is -0.149. The molecule has 0 radical (unpaired) electrons. The molecule has 1 aromatic rings. The van der Waals surface area contributed by atoms with E-state index in [9.17, 15) is 13.2 Å². The highest BCUT2D eigenvalue weighted by Crippen LogP contribution is 2.18. The van der Waals surface area contributed by atoms with Crippen LogP contribution in [0.2, 0.25) is 0 Å². The Balaban J connectivity index is 0.00000420. The predicted molar refractivity (Wildman–Crippen MR) is 125 cm³/mol. The van der Waals surface area contributed by atoms with Gasteiger partial charge in [-0.05, 0) is 25.3 Å². The van der Waals surface area contributed by atoms with Gasteiger partial charge in [-0.1, -0.05) is 30.3 Å². The standard InChI is InChI=1S/C19H30N4O4S.HI/c1-3-27-18(24)17-9-12-23(13-10-17)19(20-2)21-11-14-28(25,26)22-15-16-7-5-4-6-8-16;/h4-8,17,22H,3,9-15H2,1-2H3,(H,20,21);1H. The smallest absolute Gasteiger partial charge is 0.309 e. The normalized spacial score (nSPS) is 15.5. The van der Waals surface area contributed by atoms with Gasteiger partial charge in [0.25, 0.3) is 0 Å². The average Bonchev–Trinajstić information content (AvgIpc) is 2.71. The van der Waals surface area contributed by atoms with Gasteiger partial charge in [0, 0.05) is 33.2 Å². The number of aliphatic imine (C=N–C) groups is 1. The fourth-order valence-corrected chi connectivity index (χ4v) is 3.98. The predicted octanol–water partition coefficient (Wildman–Crippen LogP) is 1.57. The lowest BCUT2D eigenvalue weighted by Crippen LogP contribution is -2.48. The molecule has 10 heteroatoms. The summed E-state index contributed by atoms with van der Waals surface area (Å²) >= 11 is 0. The molecule has 0 saturated carbocycles. The number of ether oxygens (including phenoxy) is 1. The van der Waals surface area contributed by atoms with Crippen molar-refractivity contribution in [1.82, 2.24) is 14.9 Å². The highest BCUT2D eigenvalue weighted by molar-refractivity contribution is 14.0. The molecular formula is C19H31IN4O4S. The third-order valence-electron chi connectivity index (χ3n) is 4.62. The van der Waals surface area contributed by atoms with Crippen LogP contribution in [0.1, 0.15) is 25.3 Å². The second kappa shape index (κ2) is 13.0. The second-order valence-electron chi connectivity index (χ2n) is 6.61. The molecule has 0 unspecified atom stereocenters. The number of carbonyl (C=O) groups excluding carboxylic acids is 1. The number of nitrogens with one attached hydrogen (secondary N) is 2. The SMILES string of the molecule is CCOC(=O)C1CCN(C(=NC)NCCS(=O)(=O)NCc2ccccc2)CC1.I. The molecule has 2 N–H and O–H groups in total. The molecule has 29 heavy (non-hydrogen) atoms. The highest BCUT2D eigenvalue weighted by Gasteiger charge is 2.27. The number of carbonyl (C=O) groups is 1. The van der Waals surface area contributed by atoms with E-state index < -0.39 is 10.0 Å². The average molecular weight is 538 g/mol. The molecule has 1 fully saturated rings. The maximum atomic E-state index is 12.2. The lowest BCUT2D eigenvalue weighted by atomic mass is 9.97. The van der Waals surface area contributed by atoms with E-state index >= 15 is 0 Å². The Morgan fingerprint density at radius 3 is 2.48 bits per heavy atom. The molecule has 8 nitrogen and oxygen atoms in total. The van der Waals surface area contributed by atoms with E-state index in [0.29, 0.717) is 38.5 Å². The molecule has 0 aliphatic carbocycles. The molecular weight excluding hydrogens is 507 g/mol. The van der Waals surface area contributed by atoms with Gasteiger partial charge in [-0.2, -0.15) is 0 Å². The number of nitrogens with zero attached hydrogens (tertiary/aromatic N) is 2. The molecule has 0 spiro atoms. The van der Waals surface area contributed by atoms with Crippen LogP contribution in [0.5, 0.6) is 0 Å². The van der Waals surface area contributed by atoms with E-state index in [0.717, 1.165) is 5.56 Å². The highest BCUT2D eigenvalue weighted by atomic mass is 127. The summed E-state index contributed by atoms with van der Waals surface area (Å²) in [6, 6.07) is 9.40. The van der Waals surface area contributed by atoms with Crippen LogP contribution in [-0.4, -0.2) is 64.3 Å². The minimum atomic E-state index is -3.39. The van der Waals surface area contributed by atoms with E-state index in [2.05, 4.69) is 15.0 Å². The maximum absolute atomic E-state index is 12.2.